The number of aliphatic carboxylic acids is 1. The number of benzene rings is 1. The number of carbonyl (C=O) groups excluding carboxylic acids is 2. The molecule has 1 atom stereocenters. The molecule has 1 saturated heterocycles. The zero-order chi connectivity index (χ0) is 14.7. The molecule has 0 aliphatic carbocycles. The second kappa shape index (κ2) is 6.19. The van der Waals surface area contributed by atoms with Gasteiger partial charge in [0.05, 0.1) is 16.9 Å². The number of amides is 1. The Kier molecular flexibility index (Phi) is 4.57. The fraction of sp³-hybridized carbons (Fsp3) is 0.214. The van der Waals surface area contributed by atoms with E-state index in [2.05, 4.69) is 0 Å². The summed E-state index contributed by atoms with van der Waals surface area (Å²) in [6, 6.07) is 8.33. The molecular weight excluding hydrogens is 294 g/mol. The van der Waals surface area contributed by atoms with Crippen molar-refractivity contribution in [1.29, 1.82) is 0 Å². The number of thiocarbonyl (C=S) groups is 1. The van der Waals surface area contributed by atoms with Crippen LogP contribution in [0.4, 0.5) is 0 Å². The lowest BCUT2D eigenvalue weighted by molar-refractivity contribution is -0.310. The van der Waals surface area contributed by atoms with Crippen molar-refractivity contribution in [3.05, 3.63) is 40.8 Å². The molecule has 0 radical (unpaired) electrons. The maximum atomic E-state index is 12.3. The van der Waals surface area contributed by atoms with E-state index in [0.29, 0.717) is 4.91 Å². The summed E-state index contributed by atoms with van der Waals surface area (Å²) in [5.74, 6) is -1.66. The first kappa shape index (κ1) is 14.7. The third-order valence-electron chi connectivity index (χ3n) is 2.89. The summed E-state index contributed by atoms with van der Waals surface area (Å²) in [5.41, 5.74) is 0.870. The van der Waals surface area contributed by atoms with Gasteiger partial charge in [-0.2, -0.15) is 0 Å². The summed E-state index contributed by atoms with van der Waals surface area (Å²) in [4.78, 5) is 24.9. The summed E-state index contributed by atoms with van der Waals surface area (Å²) in [6.45, 7) is 1.68. The van der Waals surface area contributed by atoms with Crippen molar-refractivity contribution >= 4 is 46.3 Å². The van der Waals surface area contributed by atoms with Gasteiger partial charge in [-0.15, -0.1) is 0 Å². The fourth-order valence-electron chi connectivity index (χ4n) is 1.90. The molecule has 20 heavy (non-hydrogen) atoms. The van der Waals surface area contributed by atoms with Crippen molar-refractivity contribution < 1.29 is 14.7 Å². The van der Waals surface area contributed by atoms with Crippen LogP contribution in [-0.2, 0) is 9.59 Å². The van der Waals surface area contributed by atoms with Gasteiger partial charge in [0.1, 0.15) is 4.32 Å². The monoisotopic (exact) mass is 306 g/mol. The van der Waals surface area contributed by atoms with Crippen LogP contribution in [0.2, 0.25) is 0 Å². The lowest BCUT2D eigenvalue weighted by atomic mass is 10.2. The molecule has 1 aliphatic rings. The second-order valence-corrected chi connectivity index (χ2v) is 5.88. The Morgan fingerprint density at radius 3 is 2.65 bits per heavy atom. The summed E-state index contributed by atoms with van der Waals surface area (Å²) in [5, 5.41) is 11.1. The van der Waals surface area contributed by atoms with Gasteiger partial charge >= 0.3 is 0 Å². The van der Waals surface area contributed by atoms with Crippen LogP contribution < -0.4 is 5.11 Å². The highest BCUT2D eigenvalue weighted by atomic mass is 32.2. The smallest absolute Gasteiger partial charge is 0.266 e. The van der Waals surface area contributed by atoms with E-state index in [9.17, 15) is 14.7 Å². The van der Waals surface area contributed by atoms with Gasteiger partial charge in [-0.3, -0.25) is 9.69 Å². The van der Waals surface area contributed by atoms with Crippen molar-refractivity contribution in [1.82, 2.24) is 4.90 Å². The van der Waals surface area contributed by atoms with E-state index in [-0.39, 0.29) is 16.6 Å². The Morgan fingerprint density at radius 1 is 1.45 bits per heavy atom. The Bertz CT molecular complexity index is 583. The molecule has 1 aromatic carbocycles. The van der Waals surface area contributed by atoms with Crippen LogP contribution in [0.1, 0.15) is 18.9 Å². The number of carboxylic acids is 1. The predicted molar refractivity (Wildman–Crippen MR) is 80.5 cm³/mol. The lowest BCUT2D eigenvalue weighted by Crippen LogP contribution is -2.49. The topological polar surface area (TPSA) is 60.4 Å². The van der Waals surface area contributed by atoms with Gasteiger partial charge in [0, 0.05) is 0 Å². The summed E-state index contributed by atoms with van der Waals surface area (Å²) in [7, 11) is 0. The minimum Gasteiger partial charge on any atom is -0.548 e. The largest absolute Gasteiger partial charge is 0.548 e. The van der Waals surface area contributed by atoms with E-state index < -0.39 is 12.0 Å². The zero-order valence-electron chi connectivity index (χ0n) is 10.7. The van der Waals surface area contributed by atoms with Crippen molar-refractivity contribution in [2.24, 2.45) is 0 Å². The van der Waals surface area contributed by atoms with Gasteiger partial charge < -0.3 is 9.90 Å². The van der Waals surface area contributed by atoms with Crippen LogP contribution in [0.25, 0.3) is 6.08 Å². The molecular formula is C14H12NO3S2-. The Balaban J connectivity index is 2.29. The van der Waals surface area contributed by atoms with E-state index in [0.717, 1.165) is 22.2 Å². The van der Waals surface area contributed by atoms with Gasteiger partial charge in [0.15, 0.2) is 0 Å². The SMILES string of the molecule is CC[C@H](C(=O)[O-])N1C(=O)/C(=C/c2ccccc2)SC1=S. The molecule has 1 aliphatic heterocycles. The van der Waals surface area contributed by atoms with Crippen LogP contribution in [0, 0.1) is 0 Å². The maximum absolute atomic E-state index is 12.3. The molecule has 0 unspecified atom stereocenters. The third kappa shape index (κ3) is 2.91. The average Bonchev–Trinajstić information content (AvgIpc) is 2.68. The minimum absolute atomic E-state index is 0.257. The minimum atomic E-state index is -1.29. The van der Waals surface area contributed by atoms with Crippen LogP contribution in [0.15, 0.2) is 35.2 Å². The standard InChI is InChI=1S/C14H13NO3S2/c1-2-10(13(17)18)15-12(16)11(20-14(15)19)8-9-6-4-3-5-7-9/h3-8,10H,2H2,1H3,(H,17,18)/p-1/b11-8-/t10-/m1/s1. The number of nitrogens with zero attached hydrogens (tertiary/aromatic N) is 1. The highest BCUT2D eigenvalue weighted by Gasteiger charge is 2.36. The van der Waals surface area contributed by atoms with Gasteiger partial charge in [0.2, 0.25) is 0 Å². The molecule has 1 amide bonds. The molecule has 6 heteroatoms. The molecule has 0 saturated carbocycles. The van der Waals surface area contributed by atoms with Crippen molar-refractivity contribution in [3.8, 4) is 0 Å². The molecule has 0 N–H and O–H groups in total. The van der Waals surface area contributed by atoms with Crippen LogP contribution in [-0.4, -0.2) is 27.1 Å². The number of carbonyl (C=O) groups is 2. The third-order valence-corrected chi connectivity index (χ3v) is 4.22. The number of thioether (sulfide) groups is 1. The maximum Gasteiger partial charge on any atom is 0.266 e. The molecule has 1 aromatic rings. The summed E-state index contributed by atoms with van der Waals surface area (Å²) < 4.78 is 0.258. The highest BCUT2D eigenvalue weighted by molar-refractivity contribution is 8.26. The van der Waals surface area contributed by atoms with E-state index in [1.807, 2.05) is 30.3 Å². The Morgan fingerprint density at radius 2 is 2.10 bits per heavy atom. The van der Waals surface area contributed by atoms with E-state index in [1.165, 1.54) is 0 Å². The fourth-order valence-corrected chi connectivity index (χ4v) is 3.26. The molecule has 1 fully saturated rings. The van der Waals surface area contributed by atoms with Gasteiger partial charge in [-0.25, -0.2) is 0 Å². The van der Waals surface area contributed by atoms with Crippen molar-refractivity contribution in [3.63, 3.8) is 0 Å². The van der Waals surface area contributed by atoms with E-state index in [4.69, 9.17) is 12.2 Å². The highest BCUT2D eigenvalue weighted by Crippen LogP contribution is 2.34. The molecule has 104 valence electrons. The molecule has 0 bridgehead atoms. The van der Waals surface area contributed by atoms with Gasteiger partial charge in [0.25, 0.3) is 5.91 Å². The first-order chi connectivity index (χ1) is 9.54. The number of rotatable bonds is 4. The molecule has 0 spiro atoms. The van der Waals surface area contributed by atoms with Crippen LogP contribution in [0.5, 0.6) is 0 Å². The summed E-state index contributed by atoms with van der Waals surface area (Å²) in [6.07, 6.45) is 1.97. The first-order valence-electron chi connectivity index (χ1n) is 6.07. The molecule has 0 aromatic heterocycles. The molecule has 4 nitrogen and oxygen atoms in total. The summed E-state index contributed by atoms with van der Waals surface area (Å²) >= 11 is 6.22. The van der Waals surface area contributed by atoms with Crippen molar-refractivity contribution in [2.45, 2.75) is 19.4 Å². The van der Waals surface area contributed by atoms with Gasteiger partial charge in [-0.1, -0.05) is 61.2 Å². The van der Waals surface area contributed by atoms with Crippen molar-refractivity contribution in [2.75, 3.05) is 0 Å². The quantitative estimate of drug-likeness (QED) is 0.622. The number of hydrogen-bond acceptors (Lipinski definition) is 5. The average molecular weight is 306 g/mol. The second-order valence-electron chi connectivity index (χ2n) is 4.21. The normalized spacial score (nSPS) is 18.6. The van der Waals surface area contributed by atoms with E-state index in [1.54, 1.807) is 13.0 Å². The lowest BCUT2D eigenvalue weighted by Gasteiger charge is -2.26. The van der Waals surface area contributed by atoms with Gasteiger partial charge in [-0.05, 0) is 18.1 Å². The first-order valence-corrected chi connectivity index (χ1v) is 7.30. The Labute approximate surface area is 126 Å². The molecule has 1 heterocycles. The predicted octanol–water partition coefficient (Wildman–Crippen LogP) is 1.42. The Hall–Kier alpha value is -1.66. The number of carboxylic acid groups (broad SMARTS) is 1. The van der Waals surface area contributed by atoms with E-state index >= 15 is 0 Å². The number of hydrogen-bond donors (Lipinski definition) is 0. The molecule has 2 rings (SSSR count). The zero-order valence-corrected chi connectivity index (χ0v) is 12.4. The van der Waals surface area contributed by atoms with Crippen LogP contribution >= 0.6 is 24.0 Å². The van der Waals surface area contributed by atoms with Crippen LogP contribution in [0.3, 0.4) is 0 Å².